The highest BCUT2D eigenvalue weighted by atomic mass is 35.5. The van der Waals surface area contributed by atoms with Crippen molar-refractivity contribution in [3.05, 3.63) is 41.7 Å². The predicted octanol–water partition coefficient (Wildman–Crippen LogP) is 1.28. The van der Waals surface area contributed by atoms with Gasteiger partial charge in [0.05, 0.1) is 17.8 Å². The van der Waals surface area contributed by atoms with Crippen molar-refractivity contribution in [2.75, 3.05) is 0 Å². The third-order valence-corrected chi connectivity index (χ3v) is 1.93. The van der Waals surface area contributed by atoms with E-state index in [1.165, 1.54) is 6.08 Å². The van der Waals surface area contributed by atoms with Gasteiger partial charge in [0, 0.05) is 11.2 Å². The maximum Gasteiger partial charge on any atom is 0.0926 e. The average Bonchev–Trinajstić information content (AvgIpc) is 2.15. The fourth-order valence-corrected chi connectivity index (χ4v) is 1.09. The zero-order valence-corrected chi connectivity index (χ0v) is 7.78. The number of aliphatic hydroxyl groups is 1. The molecule has 13 heavy (non-hydrogen) atoms. The summed E-state index contributed by atoms with van der Waals surface area (Å²) in [5.74, 6) is 0. The zero-order valence-electron chi connectivity index (χ0n) is 7.02. The first-order chi connectivity index (χ1) is 6.15. The third kappa shape index (κ3) is 2.52. The highest BCUT2D eigenvalue weighted by molar-refractivity contribution is 6.30. The molecule has 0 aromatic carbocycles. The lowest BCUT2D eigenvalue weighted by Gasteiger charge is -2.14. The van der Waals surface area contributed by atoms with Gasteiger partial charge in [0.15, 0.2) is 0 Å². The average molecular weight is 199 g/mol. The number of aromatic nitrogens is 1. The van der Waals surface area contributed by atoms with Gasteiger partial charge >= 0.3 is 0 Å². The fourth-order valence-electron chi connectivity index (χ4n) is 0.925. The highest BCUT2D eigenvalue weighted by Crippen LogP contribution is 2.16. The van der Waals surface area contributed by atoms with E-state index >= 15 is 0 Å². The first kappa shape index (κ1) is 10.2. The summed E-state index contributed by atoms with van der Waals surface area (Å²) in [7, 11) is 0. The van der Waals surface area contributed by atoms with Gasteiger partial charge in [-0.3, -0.25) is 4.98 Å². The van der Waals surface area contributed by atoms with E-state index in [0.29, 0.717) is 10.7 Å². The Hall–Kier alpha value is -0.900. The Morgan fingerprint density at radius 3 is 2.92 bits per heavy atom. The molecule has 2 atom stereocenters. The number of aliphatic hydroxyl groups excluding tert-OH is 1. The highest BCUT2D eigenvalue weighted by Gasteiger charge is 2.14. The first-order valence-corrected chi connectivity index (χ1v) is 4.20. The number of hydrogen-bond acceptors (Lipinski definition) is 3. The molecule has 1 rings (SSSR count). The maximum absolute atomic E-state index is 9.34. The second-order valence-electron chi connectivity index (χ2n) is 2.65. The summed E-state index contributed by atoms with van der Waals surface area (Å²) in [6, 6.07) is 2.70. The Morgan fingerprint density at radius 2 is 2.38 bits per heavy atom. The summed E-state index contributed by atoms with van der Waals surface area (Å²) in [5.41, 5.74) is 6.23. The molecule has 4 heteroatoms. The van der Waals surface area contributed by atoms with Crippen LogP contribution < -0.4 is 5.73 Å². The molecule has 0 aliphatic carbocycles. The zero-order chi connectivity index (χ0) is 9.84. The van der Waals surface area contributed by atoms with Crippen LogP contribution in [0.15, 0.2) is 31.0 Å². The number of nitrogens with zero attached hydrogens (tertiary/aromatic N) is 1. The van der Waals surface area contributed by atoms with Crippen LogP contribution in [0.2, 0.25) is 5.02 Å². The van der Waals surface area contributed by atoms with Crippen molar-refractivity contribution < 1.29 is 5.11 Å². The van der Waals surface area contributed by atoms with Crippen LogP contribution in [-0.4, -0.2) is 16.2 Å². The van der Waals surface area contributed by atoms with E-state index in [1.54, 1.807) is 18.3 Å². The second-order valence-corrected chi connectivity index (χ2v) is 3.09. The number of hydrogen-bond donors (Lipinski definition) is 2. The molecule has 0 fully saturated rings. The van der Waals surface area contributed by atoms with Crippen molar-refractivity contribution in [1.82, 2.24) is 4.98 Å². The lowest BCUT2D eigenvalue weighted by Crippen LogP contribution is -2.24. The molecule has 0 unspecified atom stereocenters. The number of rotatable bonds is 3. The number of pyridine rings is 1. The summed E-state index contributed by atoms with van der Waals surface area (Å²) >= 11 is 5.73. The largest absolute Gasteiger partial charge is 0.387 e. The van der Waals surface area contributed by atoms with Crippen LogP contribution in [0, 0.1) is 0 Å². The van der Waals surface area contributed by atoms with Crippen molar-refractivity contribution in [3.63, 3.8) is 0 Å². The molecule has 3 N–H and O–H groups in total. The summed E-state index contributed by atoms with van der Waals surface area (Å²) in [4.78, 5) is 3.99. The van der Waals surface area contributed by atoms with E-state index in [9.17, 15) is 5.11 Å². The van der Waals surface area contributed by atoms with Crippen LogP contribution in [0.3, 0.4) is 0 Å². The van der Waals surface area contributed by atoms with Crippen LogP contribution >= 0.6 is 11.6 Å². The van der Waals surface area contributed by atoms with Gasteiger partial charge in [-0.05, 0) is 12.1 Å². The minimum Gasteiger partial charge on any atom is -0.387 e. The van der Waals surface area contributed by atoms with Gasteiger partial charge in [-0.25, -0.2) is 0 Å². The molecule has 1 aromatic heterocycles. The molecule has 0 aliphatic rings. The summed E-state index contributed by atoms with van der Waals surface area (Å²) < 4.78 is 0. The molecule has 0 saturated heterocycles. The smallest absolute Gasteiger partial charge is 0.0926 e. The Balaban J connectivity index is 2.88. The molecular weight excluding hydrogens is 188 g/mol. The predicted molar refractivity (Wildman–Crippen MR) is 52.4 cm³/mol. The summed E-state index contributed by atoms with van der Waals surface area (Å²) in [6.07, 6.45) is 2.12. The molecule has 70 valence electrons. The normalized spacial score (nSPS) is 15.0. The topological polar surface area (TPSA) is 59.1 Å². The summed E-state index contributed by atoms with van der Waals surface area (Å²) in [6.45, 7) is 3.44. The van der Waals surface area contributed by atoms with Gasteiger partial charge in [-0.1, -0.05) is 17.7 Å². The van der Waals surface area contributed by atoms with Crippen LogP contribution in [0.5, 0.6) is 0 Å². The fraction of sp³-hybridized carbons (Fsp3) is 0.222. The van der Waals surface area contributed by atoms with Crippen LogP contribution in [0.25, 0.3) is 0 Å². The molecule has 0 spiro atoms. The minimum atomic E-state index is -0.800. The van der Waals surface area contributed by atoms with Gasteiger partial charge in [0.2, 0.25) is 0 Å². The molecule has 3 nitrogen and oxygen atoms in total. The quantitative estimate of drug-likeness (QED) is 0.720. The molecular formula is C9H11ClN2O. The number of halogens is 1. The Labute approximate surface area is 81.9 Å². The van der Waals surface area contributed by atoms with Crippen molar-refractivity contribution in [2.24, 2.45) is 5.73 Å². The van der Waals surface area contributed by atoms with Crippen LogP contribution in [-0.2, 0) is 0 Å². The van der Waals surface area contributed by atoms with E-state index in [2.05, 4.69) is 11.6 Å². The molecule has 0 saturated carbocycles. The van der Waals surface area contributed by atoms with Crippen molar-refractivity contribution in [2.45, 2.75) is 12.1 Å². The molecule has 0 aliphatic heterocycles. The Kier molecular flexibility index (Phi) is 3.42. The molecule has 0 amide bonds. The van der Waals surface area contributed by atoms with Gasteiger partial charge in [0.25, 0.3) is 0 Å². The lowest BCUT2D eigenvalue weighted by molar-refractivity contribution is 0.190. The van der Waals surface area contributed by atoms with Crippen molar-refractivity contribution in [1.29, 1.82) is 0 Å². The van der Waals surface area contributed by atoms with Crippen molar-refractivity contribution >= 4 is 11.6 Å². The molecule has 0 bridgehead atoms. The van der Waals surface area contributed by atoms with E-state index in [1.807, 2.05) is 0 Å². The van der Waals surface area contributed by atoms with Gasteiger partial charge in [0.1, 0.15) is 0 Å². The summed E-state index contributed by atoms with van der Waals surface area (Å²) in [5, 5.41) is 9.90. The van der Waals surface area contributed by atoms with Crippen LogP contribution in [0.4, 0.5) is 0 Å². The third-order valence-electron chi connectivity index (χ3n) is 1.69. The Bertz CT molecular complexity index is 303. The minimum absolute atomic E-state index is 0.553. The molecule has 1 heterocycles. The van der Waals surface area contributed by atoms with Crippen LogP contribution in [0.1, 0.15) is 11.7 Å². The SMILES string of the molecule is C=C[C@H](O)[C@H](N)c1cc(Cl)ccn1. The monoisotopic (exact) mass is 198 g/mol. The first-order valence-electron chi connectivity index (χ1n) is 3.83. The van der Waals surface area contributed by atoms with Gasteiger partial charge in [-0.15, -0.1) is 6.58 Å². The molecule has 1 aromatic rings. The van der Waals surface area contributed by atoms with Crippen molar-refractivity contribution in [3.8, 4) is 0 Å². The number of nitrogens with two attached hydrogens (primary N) is 1. The van der Waals surface area contributed by atoms with Gasteiger partial charge in [-0.2, -0.15) is 0 Å². The van der Waals surface area contributed by atoms with Gasteiger partial charge < -0.3 is 10.8 Å². The second kappa shape index (κ2) is 4.37. The molecule has 0 radical (unpaired) electrons. The standard InChI is InChI=1S/C9H11ClN2O/c1-2-8(13)9(11)7-5-6(10)3-4-12-7/h2-5,8-9,13H,1,11H2/t8-,9+/m0/s1. The Morgan fingerprint density at radius 1 is 1.69 bits per heavy atom. The van der Waals surface area contributed by atoms with E-state index < -0.39 is 12.1 Å². The van der Waals surface area contributed by atoms with E-state index in [4.69, 9.17) is 17.3 Å². The van der Waals surface area contributed by atoms with E-state index in [-0.39, 0.29) is 0 Å². The van der Waals surface area contributed by atoms with E-state index in [0.717, 1.165) is 0 Å². The maximum atomic E-state index is 9.34. The lowest BCUT2D eigenvalue weighted by atomic mass is 10.1.